The highest BCUT2D eigenvalue weighted by molar-refractivity contribution is 5.64. The number of hydrogen-bond acceptors (Lipinski definition) is 2. The van der Waals surface area contributed by atoms with E-state index in [0.29, 0.717) is 11.8 Å². The third kappa shape index (κ3) is 6.35. The first-order chi connectivity index (χ1) is 12.2. The largest absolute Gasteiger partial charge is 0.385 e. The molecule has 1 aromatic heterocycles. The minimum atomic E-state index is -0.0428. The second kappa shape index (κ2) is 11.1. The molecule has 0 saturated carbocycles. The molecule has 2 rings (SSSR count). The molecule has 0 fully saturated rings. The van der Waals surface area contributed by atoms with Gasteiger partial charge < -0.3 is 15.6 Å². The SMILES string of the molecule is C=C(NCCCCCNCCCCCC)c1c[nH]c2c1=CCCC=2F. The summed E-state index contributed by atoms with van der Waals surface area (Å²) in [6.07, 6.45) is 14.1. The van der Waals surface area contributed by atoms with E-state index in [2.05, 4.69) is 35.2 Å². The molecule has 1 aliphatic carbocycles. The van der Waals surface area contributed by atoms with Crippen molar-refractivity contribution in [3.63, 3.8) is 0 Å². The van der Waals surface area contributed by atoms with Crippen LogP contribution in [0.1, 0.15) is 70.3 Å². The van der Waals surface area contributed by atoms with Crippen LogP contribution in [-0.2, 0) is 0 Å². The number of H-pyrrole nitrogens is 1. The molecule has 0 atom stereocenters. The normalized spacial score (nSPS) is 13.4. The van der Waals surface area contributed by atoms with Gasteiger partial charge in [-0.05, 0) is 38.8 Å². The van der Waals surface area contributed by atoms with Crippen molar-refractivity contribution < 1.29 is 4.39 Å². The molecular formula is C21H34FN3. The van der Waals surface area contributed by atoms with E-state index in [1.807, 2.05) is 6.20 Å². The van der Waals surface area contributed by atoms with E-state index in [-0.39, 0.29) is 5.83 Å². The Morgan fingerprint density at radius 3 is 2.60 bits per heavy atom. The predicted octanol–water partition coefficient (Wildman–Crippen LogP) is 3.57. The summed E-state index contributed by atoms with van der Waals surface area (Å²) in [6.45, 7) is 9.55. The number of aromatic nitrogens is 1. The summed E-state index contributed by atoms with van der Waals surface area (Å²) < 4.78 is 13.8. The number of nitrogens with one attached hydrogen (secondary N) is 3. The van der Waals surface area contributed by atoms with E-state index in [1.54, 1.807) is 0 Å². The molecule has 4 heteroatoms. The Bertz CT molecular complexity index is 645. The maximum atomic E-state index is 13.8. The van der Waals surface area contributed by atoms with E-state index in [9.17, 15) is 4.39 Å². The first-order valence-corrected chi connectivity index (χ1v) is 9.94. The number of rotatable bonds is 13. The summed E-state index contributed by atoms with van der Waals surface area (Å²) in [7, 11) is 0. The van der Waals surface area contributed by atoms with Crippen LogP contribution in [0.2, 0.25) is 0 Å². The van der Waals surface area contributed by atoms with Gasteiger partial charge in [0.05, 0.1) is 5.35 Å². The molecular weight excluding hydrogens is 313 g/mol. The first-order valence-electron chi connectivity index (χ1n) is 9.94. The Hall–Kier alpha value is -1.55. The quantitative estimate of drug-likeness (QED) is 0.478. The lowest BCUT2D eigenvalue weighted by Gasteiger charge is -2.09. The van der Waals surface area contributed by atoms with Crippen molar-refractivity contribution in [2.75, 3.05) is 19.6 Å². The van der Waals surface area contributed by atoms with Crippen molar-refractivity contribution in [1.29, 1.82) is 0 Å². The lowest BCUT2D eigenvalue weighted by Crippen LogP contribution is -2.30. The van der Waals surface area contributed by atoms with Crippen LogP contribution in [-0.4, -0.2) is 24.6 Å². The second-order valence-corrected chi connectivity index (χ2v) is 6.92. The summed E-state index contributed by atoms with van der Waals surface area (Å²) >= 11 is 0. The summed E-state index contributed by atoms with van der Waals surface area (Å²) in [5, 5.41) is 8.51. The predicted molar refractivity (Wildman–Crippen MR) is 106 cm³/mol. The van der Waals surface area contributed by atoms with Gasteiger partial charge in [0, 0.05) is 35.6 Å². The van der Waals surface area contributed by atoms with Crippen molar-refractivity contribution in [2.24, 2.45) is 0 Å². The Morgan fingerprint density at radius 2 is 1.84 bits per heavy atom. The van der Waals surface area contributed by atoms with Gasteiger partial charge in [0.2, 0.25) is 0 Å². The third-order valence-corrected chi connectivity index (χ3v) is 4.80. The maximum Gasteiger partial charge on any atom is 0.124 e. The van der Waals surface area contributed by atoms with Crippen LogP contribution in [0.25, 0.3) is 17.6 Å². The van der Waals surface area contributed by atoms with Gasteiger partial charge in [0.15, 0.2) is 0 Å². The summed E-state index contributed by atoms with van der Waals surface area (Å²) in [6, 6.07) is 0. The van der Waals surface area contributed by atoms with Crippen LogP contribution in [0.15, 0.2) is 12.8 Å². The fraction of sp³-hybridized carbons (Fsp3) is 0.619. The Kier molecular flexibility index (Phi) is 8.81. The minimum absolute atomic E-state index is 0.0428. The first kappa shape index (κ1) is 19.8. The van der Waals surface area contributed by atoms with Crippen LogP contribution in [0.4, 0.5) is 4.39 Å². The molecule has 0 aliphatic heterocycles. The number of fused-ring (bicyclic) bond motifs is 1. The fourth-order valence-electron chi connectivity index (χ4n) is 3.28. The topological polar surface area (TPSA) is 39.8 Å². The van der Waals surface area contributed by atoms with Crippen LogP contribution in [0, 0.1) is 0 Å². The Morgan fingerprint density at radius 1 is 1.12 bits per heavy atom. The van der Waals surface area contributed by atoms with E-state index < -0.39 is 0 Å². The number of halogens is 1. The van der Waals surface area contributed by atoms with Gasteiger partial charge in [-0.2, -0.15) is 0 Å². The van der Waals surface area contributed by atoms with Gasteiger partial charge in [-0.15, -0.1) is 0 Å². The molecule has 1 heterocycles. The molecule has 0 spiro atoms. The Balaban J connectivity index is 1.58. The molecule has 0 aromatic carbocycles. The summed E-state index contributed by atoms with van der Waals surface area (Å²) in [4.78, 5) is 3.05. The van der Waals surface area contributed by atoms with Crippen molar-refractivity contribution in [3.05, 3.63) is 28.9 Å². The van der Waals surface area contributed by atoms with Gasteiger partial charge in [-0.3, -0.25) is 0 Å². The van der Waals surface area contributed by atoms with Gasteiger partial charge in [0.1, 0.15) is 5.83 Å². The van der Waals surface area contributed by atoms with Crippen LogP contribution < -0.4 is 21.2 Å². The third-order valence-electron chi connectivity index (χ3n) is 4.80. The zero-order valence-corrected chi connectivity index (χ0v) is 15.7. The summed E-state index contributed by atoms with van der Waals surface area (Å²) in [5.41, 5.74) is 1.89. The lowest BCUT2D eigenvalue weighted by molar-refractivity contribution is 0.564. The average molecular weight is 348 g/mol. The van der Waals surface area contributed by atoms with Crippen molar-refractivity contribution in [2.45, 2.75) is 64.7 Å². The molecule has 0 amide bonds. The zero-order chi connectivity index (χ0) is 17.9. The molecule has 1 aromatic rings. The molecule has 1 aliphatic rings. The van der Waals surface area contributed by atoms with Gasteiger partial charge >= 0.3 is 0 Å². The highest BCUT2D eigenvalue weighted by atomic mass is 19.1. The van der Waals surface area contributed by atoms with Gasteiger partial charge in [-0.25, -0.2) is 4.39 Å². The fourth-order valence-corrected chi connectivity index (χ4v) is 3.28. The maximum absolute atomic E-state index is 13.8. The second-order valence-electron chi connectivity index (χ2n) is 6.92. The number of hydrogen-bond donors (Lipinski definition) is 3. The highest BCUT2D eigenvalue weighted by Crippen LogP contribution is 2.11. The molecule has 3 N–H and O–H groups in total. The Labute approximate surface area is 151 Å². The van der Waals surface area contributed by atoms with Crippen molar-refractivity contribution in [3.8, 4) is 0 Å². The molecule has 25 heavy (non-hydrogen) atoms. The lowest BCUT2D eigenvalue weighted by atomic mass is 10.1. The van der Waals surface area contributed by atoms with E-state index in [1.165, 1.54) is 38.5 Å². The summed E-state index contributed by atoms with van der Waals surface area (Å²) in [5.74, 6) is -0.0428. The monoisotopic (exact) mass is 347 g/mol. The van der Waals surface area contributed by atoms with Crippen LogP contribution in [0.3, 0.4) is 0 Å². The van der Waals surface area contributed by atoms with E-state index >= 15 is 0 Å². The number of unbranched alkanes of at least 4 members (excludes halogenated alkanes) is 5. The number of aromatic amines is 1. The average Bonchev–Trinajstić information content (AvgIpc) is 3.05. The van der Waals surface area contributed by atoms with Crippen molar-refractivity contribution >= 4 is 17.6 Å². The zero-order valence-electron chi connectivity index (χ0n) is 15.7. The smallest absolute Gasteiger partial charge is 0.124 e. The molecule has 140 valence electrons. The van der Waals surface area contributed by atoms with Crippen molar-refractivity contribution in [1.82, 2.24) is 15.6 Å². The van der Waals surface area contributed by atoms with Gasteiger partial charge in [-0.1, -0.05) is 45.3 Å². The molecule has 0 unspecified atom stereocenters. The molecule has 0 radical (unpaired) electrons. The standard InChI is InChI=1S/C21H34FN3/c1-3-4-5-7-13-23-14-8-6-9-15-24-17(2)19-16-25-21-18(19)11-10-12-20(21)22/h11,16,23-25H,2-10,12-15H2,1H3. The minimum Gasteiger partial charge on any atom is -0.385 e. The molecule has 3 nitrogen and oxygen atoms in total. The van der Waals surface area contributed by atoms with Crippen LogP contribution in [0.5, 0.6) is 0 Å². The highest BCUT2D eigenvalue weighted by Gasteiger charge is 2.10. The van der Waals surface area contributed by atoms with Crippen LogP contribution >= 0.6 is 0 Å². The van der Waals surface area contributed by atoms with E-state index in [4.69, 9.17) is 0 Å². The molecule has 0 saturated heterocycles. The van der Waals surface area contributed by atoms with E-state index in [0.717, 1.165) is 49.0 Å². The molecule has 0 bridgehead atoms. The van der Waals surface area contributed by atoms with Gasteiger partial charge in [0.25, 0.3) is 0 Å².